The second kappa shape index (κ2) is 15.8. The number of ether oxygens (including phenoxy) is 2. The smallest absolute Gasteiger partial charge is 0.309 e. The molecule has 4 nitrogen and oxygen atoms in total. The number of unbranched alkanes of at least 4 members (excludes halogenated alkanes) is 4. The summed E-state index contributed by atoms with van der Waals surface area (Å²) in [7, 11) is 0. The zero-order chi connectivity index (χ0) is 19.7. The normalized spacial score (nSPS) is 11.3. The van der Waals surface area contributed by atoms with Gasteiger partial charge >= 0.3 is 5.97 Å². The van der Waals surface area contributed by atoms with E-state index in [2.05, 4.69) is 27.0 Å². The lowest BCUT2D eigenvalue weighted by atomic mass is 9.74. The van der Waals surface area contributed by atoms with Gasteiger partial charge in [0, 0.05) is 0 Å². The molecule has 152 valence electrons. The van der Waals surface area contributed by atoms with Gasteiger partial charge in [-0.05, 0) is 50.9 Å². The third-order valence-corrected chi connectivity index (χ3v) is 4.96. The van der Waals surface area contributed by atoms with Crippen molar-refractivity contribution in [2.75, 3.05) is 13.2 Å². The lowest BCUT2D eigenvalue weighted by Crippen LogP contribution is -2.31. The fraction of sp³-hybridized carbons (Fsp3) is 0.773. The monoisotopic (exact) mass is 368 g/mol. The van der Waals surface area contributed by atoms with Gasteiger partial charge in [0.05, 0.1) is 31.2 Å². The predicted molar refractivity (Wildman–Crippen MR) is 108 cm³/mol. The number of aliphatic carboxylic acids is 1. The molecule has 4 heteroatoms. The van der Waals surface area contributed by atoms with E-state index in [9.17, 15) is 9.90 Å². The van der Waals surface area contributed by atoms with Gasteiger partial charge in [-0.25, -0.2) is 0 Å². The van der Waals surface area contributed by atoms with Gasteiger partial charge in [0.15, 0.2) is 0 Å². The molecular weight excluding hydrogens is 328 g/mol. The molecule has 0 aromatic carbocycles. The molecule has 0 fully saturated rings. The van der Waals surface area contributed by atoms with Gasteiger partial charge < -0.3 is 14.6 Å². The van der Waals surface area contributed by atoms with E-state index in [0.717, 1.165) is 57.8 Å². The average molecular weight is 369 g/mol. The van der Waals surface area contributed by atoms with E-state index >= 15 is 0 Å². The molecule has 0 aromatic heterocycles. The van der Waals surface area contributed by atoms with Crippen molar-refractivity contribution in [2.24, 2.45) is 11.3 Å². The molecule has 0 saturated heterocycles. The fourth-order valence-electron chi connectivity index (χ4n) is 3.35. The molecule has 0 spiro atoms. The summed E-state index contributed by atoms with van der Waals surface area (Å²) in [5.74, 6) is 0.0737. The molecule has 0 aliphatic carbocycles. The van der Waals surface area contributed by atoms with Crippen molar-refractivity contribution >= 4 is 5.97 Å². The lowest BCUT2D eigenvalue weighted by molar-refractivity contribution is -0.151. The minimum Gasteiger partial charge on any atom is -0.502 e. The first-order valence-electron chi connectivity index (χ1n) is 10.2. The highest BCUT2D eigenvalue weighted by Gasteiger charge is 2.36. The molecule has 0 saturated carbocycles. The van der Waals surface area contributed by atoms with Crippen molar-refractivity contribution in [3.8, 4) is 0 Å². The zero-order valence-electron chi connectivity index (χ0n) is 17.0. The van der Waals surface area contributed by atoms with Gasteiger partial charge in [0.25, 0.3) is 0 Å². The molecule has 26 heavy (non-hydrogen) atoms. The highest BCUT2D eigenvalue weighted by atomic mass is 16.5. The minimum absolute atomic E-state index is 0.611. The lowest BCUT2D eigenvalue weighted by Gasteiger charge is -2.30. The maximum absolute atomic E-state index is 12.1. The van der Waals surface area contributed by atoms with Gasteiger partial charge in [0.1, 0.15) is 0 Å². The standard InChI is InChI=1S/C22H40O4/c1-5-25-18-12-10-16-22(21(23)24,17-11-13-19-26-6-2)15-9-7-8-14-20(3)4/h5-6,20H,1-2,7-19H2,3-4H3,(H,23,24). The molecule has 0 aliphatic rings. The van der Waals surface area contributed by atoms with Crippen molar-refractivity contribution in [1.82, 2.24) is 0 Å². The van der Waals surface area contributed by atoms with Gasteiger partial charge in [-0.2, -0.15) is 0 Å². The Morgan fingerprint density at radius 1 is 0.885 bits per heavy atom. The summed E-state index contributed by atoms with van der Waals surface area (Å²) in [6.45, 7) is 12.8. The molecular formula is C22H40O4. The summed E-state index contributed by atoms with van der Waals surface area (Å²) in [5.41, 5.74) is -0.611. The van der Waals surface area contributed by atoms with Crippen LogP contribution in [0.3, 0.4) is 0 Å². The van der Waals surface area contributed by atoms with Crippen molar-refractivity contribution in [3.05, 3.63) is 25.7 Å². The van der Waals surface area contributed by atoms with E-state index in [1.54, 1.807) is 0 Å². The predicted octanol–water partition coefficient (Wildman–Crippen LogP) is 6.32. The number of rotatable bonds is 19. The number of carboxylic acid groups (broad SMARTS) is 1. The first kappa shape index (κ1) is 24.6. The molecule has 0 bridgehead atoms. The van der Waals surface area contributed by atoms with E-state index in [4.69, 9.17) is 9.47 Å². The van der Waals surface area contributed by atoms with Crippen LogP contribution in [0.5, 0.6) is 0 Å². The van der Waals surface area contributed by atoms with Crippen molar-refractivity contribution < 1.29 is 19.4 Å². The summed E-state index contributed by atoms with van der Waals surface area (Å²) in [6.07, 6.45) is 13.1. The van der Waals surface area contributed by atoms with Gasteiger partial charge in [-0.15, -0.1) is 0 Å². The molecule has 0 aliphatic heterocycles. The third kappa shape index (κ3) is 12.0. The topological polar surface area (TPSA) is 55.8 Å². The van der Waals surface area contributed by atoms with Crippen LogP contribution in [0.15, 0.2) is 25.7 Å². The van der Waals surface area contributed by atoms with Crippen LogP contribution in [0.4, 0.5) is 0 Å². The summed E-state index contributed by atoms with van der Waals surface area (Å²) in [4.78, 5) is 12.1. The number of hydrogen-bond acceptors (Lipinski definition) is 3. The summed E-state index contributed by atoms with van der Waals surface area (Å²) in [5, 5.41) is 9.98. The SMILES string of the molecule is C=COCCCCC(CCCCCC(C)C)(CCCCOC=C)C(=O)O. The van der Waals surface area contributed by atoms with Crippen LogP contribution in [0.25, 0.3) is 0 Å². The van der Waals surface area contributed by atoms with E-state index in [1.807, 2.05) is 0 Å². The fourth-order valence-corrected chi connectivity index (χ4v) is 3.35. The van der Waals surface area contributed by atoms with Crippen molar-refractivity contribution in [2.45, 2.75) is 84.5 Å². The first-order valence-corrected chi connectivity index (χ1v) is 10.2. The van der Waals surface area contributed by atoms with Gasteiger partial charge in [-0.1, -0.05) is 52.7 Å². The number of carboxylic acids is 1. The Balaban J connectivity index is 4.56. The van der Waals surface area contributed by atoms with Crippen LogP contribution in [-0.2, 0) is 14.3 Å². The van der Waals surface area contributed by atoms with E-state index in [-0.39, 0.29) is 0 Å². The van der Waals surface area contributed by atoms with E-state index in [0.29, 0.717) is 19.1 Å². The Bertz CT molecular complexity index is 358. The third-order valence-electron chi connectivity index (χ3n) is 4.96. The highest BCUT2D eigenvalue weighted by Crippen LogP contribution is 2.37. The van der Waals surface area contributed by atoms with Crippen LogP contribution >= 0.6 is 0 Å². The van der Waals surface area contributed by atoms with Gasteiger partial charge in [0.2, 0.25) is 0 Å². The van der Waals surface area contributed by atoms with Gasteiger partial charge in [-0.3, -0.25) is 4.79 Å². The van der Waals surface area contributed by atoms with Crippen LogP contribution in [0, 0.1) is 11.3 Å². The van der Waals surface area contributed by atoms with E-state index < -0.39 is 11.4 Å². The highest BCUT2D eigenvalue weighted by molar-refractivity contribution is 5.74. The summed E-state index contributed by atoms with van der Waals surface area (Å²) in [6, 6.07) is 0. The molecule has 0 aromatic rings. The molecule has 1 N–H and O–H groups in total. The van der Waals surface area contributed by atoms with E-state index in [1.165, 1.54) is 25.4 Å². The molecule has 0 radical (unpaired) electrons. The van der Waals surface area contributed by atoms with Crippen molar-refractivity contribution in [3.63, 3.8) is 0 Å². The second-order valence-electron chi connectivity index (χ2n) is 7.57. The first-order chi connectivity index (χ1) is 12.5. The molecule has 0 heterocycles. The van der Waals surface area contributed by atoms with Crippen LogP contribution in [-0.4, -0.2) is 24.3 Å². The molecule has 0 rings (SSSR count). The van der Waals surface area contributed by atoms with Crippen LogP contribution < -0.4 is 0 Å². The minimum atomic E-state index is -0.643. The molecule has 0 amide bonds. The molecule has 0 atom stereocenters. The van der Waals surface area contributed by atoms with Crippen LogP contribution in [0.1, 0.15) is 84.5 Å². The maximum atomic E-state index is 12.1. The summed E-state index contributed by atoms with van der Waals surface area (Å²) < 4.78 is 10.3. The second-order valence-corrected chi connectivity index (χ2v) is 7.57. The number of hydrogen-bond donors (Lipinski definition) is 1. The zero-order valence-corrected chi connectivity index (χ0v) is 17.0. The summed E-state index contributed by atoms with van der Waals surface area (Å²) >= 11 is 0. The largest absolute Gasteiger partial charge is 0.502 e. The Morgan fingerprint density at radius 3 is 1.73 bits per heavy atom. The number of carbonyl (C=O) groups is 1. The molecule has 0 unspecified atom stereocenters. The Kier molecular flexibility index (Phi) is 14.9. The Labute approximate surface area is 160 Å². The average Bonchev–Trinajstić information content (AvgIpc) is 2.59. The maximum Gasteiger partial charge on any atom is 0.309 e. The van der Waals surface area contributed by atoms with Crippen LogP contribution in [0.2, 0.25) is 0 Å². The Hall–Kier alpha value is -1.45. The quantitative estimate of drug-likeness (QED) is 0.214. The Morgan fingerprint density at radius 2 is 1.35 bits per heavy atom. The van der Waals surface area contributed by atoms with Crippen molar-refractivity contribution in [1.29, 1.82) is 0 Å².